The summed E-state index contributed by atoms with van der Waals surface area (Å²) in [6, 6.07) is 4.80. The minimum Gasteiger partial charge on any atom is -0.454 e. The van der Waals surface area contributed by atoms with Crippen LogP contribution in [-0.4, -0.2) is 49.9 Å². The SMILES string of the molecule is O=C(NNC(=O)c1csc(N2CCOCC2)n1)c1ccc2c(c1)OCO2. The van der Waals surface area contributed by atoms with Crippen molar-refractivity contribution in [2.45, 2.75) is 0 Å². The van der Waals surface area contributed by atoms with E-state index in [0.717, 1.165) is 18.2 Å². The normalized spacial score (nSPS) is 15.6. The molecule has 3 heterocycles. The van der Waals surface area contributed by atoms with Crippen LogP contribution in [0.4, 0.5) is 5.13 Å². The van der Waals surface area contributed by atoms with Gasteiger partial charge in [0.1, 0.15) is 5.69 Å². The highest BCUT2D eigenvalue weighted by molar-refractivity contribution is 7.13. The minimum atomic E-state index is -0.477. The number of nitrogens with one attached hydrogen (secondary N) is 2. The molecule has 2 aliphatic heterocycles. The number of fused-ring (bicyclic) bond motifs is 1. The molecule has 26 heavy (non-hydrogen) atoms. The number of carbonyl (C=O) groups is 2. The Kier molecular flexibility index (Phi) is 4.59. The molecule has 0 saturated carbocycles. The lowest BCUT2D eigenvalue weighted by molar-refractivity contribution is 0.0844. The van der Waals surface area contributed by atoms with Crippen molar-refractivity contribution in [1.82, 2.24) is 15.8 Å². The zero-order chi connectivity index (χ0) is 17.9. The van der Waals surface area contributed by atoms with Gasteiger partial charge in [-0.15, -0.1) is 11.3 Å². The average molecular weight is 376 g/mol. The van der Waals surface area contributed by atoms with Crippen molar-refractivity contribution in [3.05, 3.63) is 34.8 Å². The molecule has 2 amide bonds. The van der Waals surface area contributed by atoms with Crippen LogP contribution in [0.25, 0.3) is 0 Å². The van der Waals surface area contributed by atoms with Crippen molar-refractivity contribution in [3.63, 3.8) is 0 Å². The molecule has 2 aromatic rings. The minimum absolute atomic E-state index is 0.131. The second-order valence-corrected chi connectivity index (χ2v) is 6.43. The lowest BCUT2D eigenvalue weighted by Crippen LogP contribution is -2.41. The first-order chi connectivity index (χ1) is 12.7. The van der Waals surface area contributed by atoms with Crippen LogP contribution in [0.5, 0.6) is 11.5 Å². The summed E-state index contributed by atoms with van der Waals surface area (Å²) < 4.78 is 15.7. The van der Waals surface area contributed by atoms with Gasteiger partial charge in [0.25, 0.3) is 11.8 Å². The summed E-state index contributed by atoms with van der Waals surface area (Å²) in [7, 11) is 0. The fourth-order valence-electron chi connectivity index (χ4n) is 2.56. The molecule has 0 radical (unpaired) electrons. The molecule has 136 valence electrons. The monoisotopic (exact) mass is 376 g/mol. The summed E-state index contributed by atoms with van der Waals surface area (Å²) in [5, 5.41) is 2.42. The predicted octanol–water partition coefficient (Wildman–Crippen LogP) is 0.783. The van der Waals surface area contributed by atoms with E-state index in [1.165, 1.54) is 11.3 Å². The molecule has 0 unspecified atom stereocenters. The number of aromatic nitrogens is 1. The molecular formula is C16H16N4O5S. The molecule has 0 aliphatic carbocycles. The van der Waals surface area contributed by atoms with Gasteiger partial charge in [0.2, 0.25) is 6.79 Å². The number of rotatable bonds is 3. The number of thiazole rings is 1. The molecule has 10 heteroatoms. The van der Waals surface area contributed by atoms with E-state index in [1.807, 2.05) is 0 Å². The molecule has 0 bridgehead atoms. The average Bonchev–Trinajstić information content (AvgIpc) is 3.35. The Morgan fingerprint density at radius 3 is 2.69 bits per heavy atom. The maximum atomic E-state index is 12.2. The van der Waals surface area contributed by atoms with Crippen LogP contribution >= 0.6 is 11.3 Å². The van der Waals surface area contributed by atoms with Crippen molar-refractivity contribution < 1.29 is 23.8 Å². The van der Waals surface area contributed by atoms with Gasteiger partial charge in [-0.3, -0.25) is 20.4 Å². The quantitative estimate of drug-likeness (QED) is 0.764. The highest BCUT2D eigenvalue weighted by atomic mass is 32.1. The van der Waals surface area contributed by atoms with Crippen LogP contribution in [0.3, 0.4) is 0 Å². The van der Waals surface area contributed by atoms with Crippen LogP contribution in [0.15, 0.2) is 23.6 Å². The van der Waals surface area contributed by atoms with Gasteiger partial charge in [0.15, 0.2) is 16.6 Å². The van der Waals surface area contributed by atoms with Gasteiger partial charge in [-0.1, -0.05) is 0 Å². The molecule has 1 saturated heterocycles. The first-order valence-electron chi connectivity index (χ1n) is 7.99. The molecule has 0 atom stereocenters. The van der Waals surface area contributed by atoms with Crippen LogP contribution in [0.1, 0.15) is 20.8 Å². The lowest BCUT2D eigenvalue weighted by atomic mass is 10.2. The number of benzene rings is 1. The zero-order valence-electron chi connectivity index (χ0n) is 13.7. The van der Waals surface area contributed by atoms with Crippen LogP contribution in [-0.2, 0) is 4.74 Å². The van der Waals surface area contributed by atoms with Crippen molar-refractivity contribution >= 4 is 28.3 Å². The number of carbonyl (C=O) groups excluding carboxylic acids is 2. The fraction of sp³-hybridized carbons (Fsp3) is 0.312. The Morgan fingerprint density at radius 2 is 1.85 bits per heavy atom. The smallest absolute Gasteiger partial charge is 0.289 e. The third-order valence-electron chi connectivity index (χ3n) is 3.93. The second kappa shape index (κ2) is 7.18. The van der Waals surface area contributed by atoms with Crippen LogP contribution in [0, 0.1) is 0 Å². The van der Waals surface area contributed by atoms with Crippen LogP contribution in [0.2, 0.25) is 0 Å². The Bertz CT molecular complexity index is 834. The molecular weight excluding hydrogens is 360 g/mol. The summed E-state index contributed by atoms with van der Waals surface area (Å²) in [6.07, 6.45) is 0. The zero-order valence-corrected chi connectivity index (χ0v) is 14.5. The summed E-state index contributed by atoms with van der Waals surface area (Å²) in [5.41, 5.74) is 5.35. The van der Waals surface area contributed by atoms with Gasteiger partial charge < -0.3 is 19.1 Å². The first kappa shape index (κ1) is 16.6. The number of hydrazine groups is 1. The maximum absolute atomic E-state index is 12.2. The van der Waals surface area contributed by atoms with Gasteiger partial charge in [0.05, 0.1) is 13.2 Å². The number of morpholine rings is 1. The van der Waals surface area contributed by atoms with Crippen molar-refractivity contribution in [2.75, 3.05) is 38.0 Å². The Balaban J connectivity index is 1.35. The molecule has 2 N–H and O–H groups in total. The summed E-state index contributed by atoms with van der Waals surface area (Å²) in [6.45, 7) is 2.91. The Labute approximate surface area is 152 Å². The molecule has 2 aliphatic rings. The van der Waals surface area contributed by atoms with Crippen molar-refractivity contribution in [1.29, 1.82) is 0 Å². The Hall–Kier alpha value is -2.85. The second-order valence-electron chi connectivity index (χ2n) is 5.59. The summed E-state index contributed by atoms with van der Waals surface area (Å²) in [5.74, 6) is 0.150. The van der Waals surface area contributed by atoms with Gasteiger partial charge in [-0.25, -0.2) is 4.98 Å². The molecule has 9 nitrogen and oxygen atoms in total. The fourth-order valence-corrected chi connectivity index (χ4v) is 3.42. The van der Waals surface area contributed by atoms with E-state index in [0.29, 0.717) is 30.3 Å². The third-order valence-corrected chi connectivity index (χ3v) is 4.83. The number of nitrogens with zero attached hydrogens (tertiary/aromatic N) is 2. The maximum Gasteiger partial charge on any atom is 0.289 e. The van der Waals surface area contributed by atoms with E-state index in [-0.39, 0.29) is 12.5 Å². The van der Waals surface area contributed by atoms with Crippen molar-refractivity contribution in [3.8, 4) is 11.5 Å². The Morgan fingerprint density at radius 1 is 1.08 bits per heavy atom. The van der Waals surface area contributed by atoms with E-state index in [9.17, 15) is 9.59 Å². The number of anilines is 1. The topological polar surface area (TPSA) is 102 Å². The van der Waals surface area contributed by atoms with Gasteiger partial charge in [-0.2, -0.15) is 0 Å². The summed E-state index contributed by atoms with van der Waals surface area (Å²) in [4.78, 5) is 30.8. The van der Waals surface area contributed by atoms with E-state index >= 15 is 0 Å². The van der Waals surface area contributed by atoms with Crippen LogP contribution < -0.4 is 25.2 Å². The van der Waals surface area contributed by atoms with Crippen molar-refractivity contribution in [2.24, 2.45) is 0 Å². The standard InChI is InChI=1S/C16H16N4O5S/c21-14(10-1-2-12-13(7-10)25-9-24-12)18-19-15(22)11-8-26-16(17-11)20-3-5-23-6-4-20/h1-2,7-8H,3-6,9H2,(H,18,21)(H,19,22). The van der Waals surface area contributed by atoms with Gasteiger partial charge in [0, 0.05) is 24.0 Å². The summed E-state index contributed by atoms with van der Waals surface area (Å²) >= 11 is 1.38. The highest BCUT2D eigenvalue weighted by Crippen LogP contribution is 2.32. The molecule has 4 rings (SSSR count). The largest absolute Gasteiger partial charge is 0.454 e. The lowest BCUT2D eigenvalue weighted by Gasteiger charge is -2.25. The first-order valence-corrected chi connectivity index (χ1v) is 8.87. The molecule has 0 spiro atoms. The van der Waals surface area contributed by atoms with Gasteiger partial charge in [-0.05, 0) is 18.2 Å². The van der Waals surface area contributed by atoms with E-state index in [4.69, 9.17) is 14.2 Å². The number of hydrogen-bond acceptors (Lipinski definition) is 8. The molecule has 1 fully saturated rings. The number of amides is 2. The molecule has 1 aromatic carbocycles. The number of ether oxygens (including phenoxy) is 3. The van der Waals surface area contributed by atoms with E-state index in [1.54, 1.807) is 23.6 Å². The highest BCUT2D eigenvalue weighted by Gasteiger charge is 2.19. The third kappa shape index (κ3) is 3.41. The van der Waals surface area contributed by atoms with Gasteiger partial charge >= 0.3 is 0 Å². The number of hydrogen-bond donors (Lipinski definition) is 2. The predicted molar refractivity (Wildman–Crippen MR) is 92.6 cm³/mol. The van der Waals surface area contributed by atoms with E-state index < -0.39 is 11.8 Å². The van der Waals surface area contributed by atoms with E-state index in [2.05, 4.69) is 20.7 Å². The molecule has 1 aromatic heterocycles.